The molecule has 108 valence electrons. The van der Waals surface area contributed by atoms with Gasteiger partial charge in [-0.2, -0.15) is 0 Å². The van der Waals surface area contributed by atoms with Crippen molar-refractivity contribution in [2.45, 2.75) is 51.5 Å². The van der Waals surface area contributed by atoms with E-state index in [-0.39, 0.29) is 6.04 Å². The Morgan fingerprint density at radius 3 is 2.30 bits per heavy atom. The van der Waals surface area contributed by atoms with Gasteiger partial charge in [0.25, 0.3) is 0 Å². The van der Waals surface area contributed by atoms with Crippen molar-refractivity contribution < 1.29 is 0 Å². The molecular weight excluding hydrogens is 242 g/mol. The van der Waals surface area contributed by atoms with E-state index < -0.39 is 0 Å². The van der Waals surface area contributed by atoms with Crippen LogP contribution in [0.2, 0.25) is 0 Å². The molecule has 0 amide bonds. The molecule has 0 heterocycles. The first-order chi connectivity index (χ1) is 9.69. The van der Waals surface area contributed by atoms with Gasteiger partial charge >= 0.3 is 0 Å². The number of benzene rings is 1. The third kappa shape index (κ3) is 2.20. The van der Waals surface area contributed by atoms with Crippen LogP contribution in [-0.4, -0.2) is 0 Å². The molecule has 1 unspecified atom stereocenters. The van der Waals surface area contributed by atoms with E-state index in [4.69, 9.17) is 5.73 Å². The molecule has 0 aromatic heterocycles. The minimum Gasteiger partial charge on any atom is -0.324 e. The second kappa shape index (κ2) is 4.87. The molecule has 0 saturated heterocycles. The van der Waals surface area contributed by atoms with Gasteiger partial charge in [0.05, 0.1) is 0 Å². The molecule has 0 aliphatic heterocycles. The van der Waals surface area contributed by atoms with Crippen molar-refractivity contribution >= 4 is 0 Å². The van der Waals surface area contributed by atoms with Crippen LogP contribution in [0.5, 0.6) is 0 Å². The lowest BCUT2D eigenvalue weighted by atomic mass is 9.51. The van der Waals surface area contributed by atoms with Gasteiger partial charge in [0.15, 0.2) is 0 Å². The molecule has 1 heteroatoms. The maximum Gasteiger partial charge on any atom is 0.0297 e. The lowest BCUT2D eigenvalue weighted by Crippen LogP contribution is -2.45. The monoisotopic (exact) mass is 269 g/mol. The molecule has 1 nitrogen and oxygen atoms in total. The van der Waals surface area contributed by atoms with Crippen molar-refractivity contribution in [3.05, 3.63) is 35.4 Å². The van der Waals surface area contributed by atoms with E-state index in [9.17, 15) is 0 Å². The van der Waals surface area contributed by atoms with Crippen molar-refractivity contribution in [1.29, 1.82) is 0 Å². The number of nitrogens with two attached hydrogens (primary N) is 1. The van der Waals surface area contributed by atoms with E-state index in [2.05, 4.69) is 31.2 Å². The van der Waals surface area contributed by atoms with E-state index in [1.807, 2.05) is 0 Å². The topological polar surface area (TPSA) is 26.0 Å². The van der Waals surface area contributed by atoms with Crippen molar-refractivity contribution in [2.75, 3.05) is 0 Å². The zero-order valence-corrected chi connectivity index (χ0v) is 12.6. The summed E-state index contributed by atoms with van der Waals surface area (Å²) in [6.07, 6.45) is 8.81. The summed E-state index contributed by atoms with van der Waals surface area (Å²) in [5.74, 6) is 5.07. The van der Waals surface area contributed by atoms with E-state index >= 15 is 0 Å². The lowest BCUT2D eigenvalue weighted by molar-refractivity contribution is -0.0420. The Kier molecular flexibility index (Phi) is 3.14. The zero-order chi connectivity index (χ0) is 13.7. The molecule has 4 fully saturated rings. The van der Waals surface area contributed by atoms with Crippen LogP contribution >= 0.6 is 0 Å². The minimum absolute atomic E-state index is 0.248. The largest absolute Gasteiger partial charge is 0.324 e. The van der Waals surface area contributed by atoms with Crippen LogP contribution in [0, 0.1) is 36.5 Å². The number of hydrogen-bond donors (Lipinski definition) is 1. The fourth-order valence-corrected chi connectivity index (χ4v) is 5.75. The Morgan fingerprint density at radius 2 is 1.70 bits per heavy atom. The second-order valence-electron chi connectivity index (χ2n) is 7.85. The van der Waals surface area contributed by atoms with Crippen LogP contribution in [0.4, 0.5) is 0 Å². The number of aryl methyl sites for hydroxylation is 1. The fourth-order valence-electron chi connectivity index (χ4n) is 5.75. The Balaban J connectivity index is 1.49. The molecule has 1 aromatic rings. The number of rotatable bonds is 3. The highest BCUT2D eigenvalue weighted by atomic mass is 14.6. The summed E-state index contributed by atoms with van der Waals surface area (Å²) in [5.41, 5.74) is 9.23. The molecule has 0 radical (unpaired) electrons. The molecule has 2 N–H and O–H groups in total. The molecule has 4 aliphatic carbocycles. The third-order valence-electron chi connectivity index (χ3n) is 6.42. The smallest absolute Gasteiger partial charge is 0.0297 e. The first-order valence-corrected chi connectivity index (χ1v) is 8.51. The van der Waals surface area contributed by atoms with Gasteiger partial charge in [-0.15, -0.1) is 0 Å². The van der Waals surface area contributed by atoms with Crippen molar-refractivity contribution in [3.8, 4) is 0 Å². The first-order valence-electron chi connectivity index (χ1n) is 8.51. The summed E-state index contributed by atoms with van der Waals surface area (Å²) >= 11 is 0. The highest BCUT2D eigenvalue weighted by Gasteiger charge is 2.48. The number of hydrogen-bond acceptors (Lipinski definition) is 1. The van der Waals surface area contributed by atoms with Crippen LogP contribution < -0.4 is 5.73 Å². The molecule has 5 rings (SSSR count). The predicted octanol–water partition coefficient (Wildman–Crippen LogP) is 4.46. The normalized spacial score (nSPS) is 40.0. The molecule has 20 heavy (non-hydrogen) atoms. The average Bonchev–Trinajstić information content (AvgIpc) is 2.42. The van der Waals surface area contributed by atoms with Gasteiger partial charge in [-0.3, -0.25) is 0 Å². The average molecular weight is 269 g/mol. The molecule has 1 atom stereocenters. The summed E-state index contributed by atoms with van der Waals surface area (Å²) in [6, 6.07) is 9.06. The summed E-state index contributed by atoms with van der Waals surface area (Å²) < 4.78 is 0. The summed E-state index contributed by atoms with van der Waals surface area (Å²) in [6.45, 7) is 2.17. The van der Waals surface area contributed by atoms with Gasteiger partial charge < -0.3 is 5.73 Å². The predicted molar refractivity (Wildman–Crippen MR) is 83.3 cm³/mol. The van der Waals surface area contributed by atoms with Gasteiger partial charge in [0.1, 0.15) is 0 Å². The fraction of sp³-hybridized carbons (Fsp3) is 0.684. The van der Waals surface area contributed by atoms with Gasteiger partial charge in [-0.05, 0) is 80.6 Å². The maximum atomic E-state index is 6.54. The summed E-state index contributed by atoms with van der Waals surface area (Å²) in [7, 11) is 0. The molecule has 4 bridgehead atoms. The van der Waals surface area contributed by atoms with E-state index in [0.717, 1.165) is 29.6 Å². The third-order valence-corrected chi connectivity index (χ3v) is 6.42. The van der Waals surface area contributed by atoms with Crippen LogP contribution in [-0.2, 0) is 0 Å². The second-order valence-corrected chi connectivity index (χ2v) is 7.85. The minimum atomic E-state index is 0.248. The molecule has 4 saturated carbocycles. The van der Waals surface area contributed by atoms with Gasteiger partial charge in [-0.25, -0.2) is 0 Å². The Bertz CT molecular complexity index is 464. The standard InChI is InChI=1S/C19H27N/c1-12-3-2-4-15(5-12)19(20)11-18-16-7-13-6-14(9-16)10-17(18)8-13/h2-5,13-14,16-19H,6-11,20H2,1H3. The Labute approximate surface area is 122 Å². The molecule has 1 aromatic carbocycles. The van der Waals surface area contributed by atoms with Gasteiger partial charge in [-0.1, -0.05) is 29.8 Å². The van der Waals surface area contributed by atoms with Crippen molar-refractivity contribution in [1.82, 2.24) is 0 Å². The van der Waals surface area contributed by atoms with E-state index in [1.165, 1.54) is 43.2 Å². The Morgan fingerprint density at radius 1 is 1.05 bits per heavy atom. The quantitative estimate of drug-likeness (QED) is 0.861. The van der Waals surface area contributed by atoms with Gasteiger partial charge in [0, 0.05) is 6.04 Å². The highest BCUT2D eigenvalue weighted by molar-refractivity contribution is 5.25. The van der Waals surface area contributed by atoms with Crippen molar-refractivity contribution in [3.63, 3.8) is 0 Å². The van der Waals surface area contributed by atoms with Gasteiger partial charge in [0.2, 0.25) is 0 Å². The Hall–Kier alpha value is -0.820. The highest BCUT2D eigenvalue weighted by Crippen LogP contribution is 2.58. The maximum absolute atomic E-state index is 6.54. The molecule has 0 spiro atoms. The summed E-state index contributed by atoms with van der Waals surface area (Å²) in [5, 5.41) is 0. The summed E-state index contributed by atoms with van der Waals surface area (Å²) in [4.78, 5) is 0. The van der Waals surface area contributed by atoms with Crippen LogP contribution in [0.3, 0.4) is 0 Å². The molecular formula is C19H27N. The van der Waals surface area contributed by atoms with Crippen LogP contribution in [0.15, 0.2) is 24.3 Å². The zero-order valence-electron chi connectivity index (χ0n) is 12.6. The van der Waals surface area contributed by atoms with Crippen molar-refractivity contribution in [2.24, 2.45) is 35.3 Å². The lowest BCUT2D eigenvalue weighted by Gasteiger charge is -2.55. The first kappa shape index (κ1) is 12.9. The van der Waals surface area contributed by atoms with E-state index in [0.29, 0.717) is 0 Å². The van der Waals surface area contributed by atoms with Crippen LogP contribution in [0.25, 0.3) is 0 Å². The SMILES string of the molecule is Cc1cccc(C(N)CC2C3CC4CC(C3)CC2C4)c1. The van der Waals surface area contributed by atoms with Crippen LogP contribution in [0.1, 0.15) is 55.7 Å². The molecule has 4 aliphatic rings. The van der Waals surface area contributed by atoms with E-state index in [1.54, 1.807) is 6.42 Å².